The molecule has 0 saturated carbocycles. The van der Waals surface area contributed by atoms with Crippen LogP contribution in [0.5, 0.6) is 5.75 Å². The fourth-order valence-corrected chi connectivity index (χ4v) is 5.93. The van der Waals surface area contributed by atoms with Crippen molar-refractivity contribution in [1.82, 2.24) is 4.90 Å². The van der Waals surface area contributed by atoms with Crippen LogP contribution in [0.4, 0.5) is 14.5 Å². The predicted molar refractivity (Wildman–Crippen MR) is 122 cm³/mol. The Hall–Kier alpha value is -3.39. The Bertz CT molecular complexity index is 1270. The highest BCUT2D eigenvalue weighted by atomic mass is 32.2. The number of thioether (sulfide) groups is 1. The minimum atomic E-state index is -1.35. The molecule has 1 atom stereocenters. The summed E-state index contributed by atoms with van der Waals surface area (Å²) in [5.74, 6) is -0.844. The number of amides is 2. The number of hydrogen-bond acceptors (Lipinski definition) is 4. The van der Waals surface area contributed by atoms with Crippen molar-refractivity contribution < 1.29 is 23.1 Å². The van der Waals surface area contributed by atoms with Crippen molar-refractivity contribution in [3.8, 4) is 5.75 Å². The maximum atomic E-state index is 14.5. The minimum Gasteiger partial charge on any atom is -0.497 e. The fraction of sp³-hybridized carbons (Fsp3) is 0.200. The average molecular weight is 467 g/mol. The average Bonchev–Trinajstić information content (AvgIpc) is 3.36. The van der Waals surface area contributed by atoms with Crippen LogP contribution in [0.1, 0.15) is 21.5 Å². The molecule has 33 heavy (non-hydrogen) atoms. The topological polar surface area (TPSA) is 49.9 Å². The molecule has 3 aromatic carbocycles. The van der Waals surface area contributed by atoms with Gasteiger partial charge in [-0.1, -0.05) is 24.3 Å². The van der Waals surface area contributed by atoms with Crippen LogP contribution in [0.2, 0.25) is 0 Å². The number of fused-ring (bicyclic) bond motifs is 2. The molecule has 1 fully saturated rings. The van der Waals surface area contributed by atoms with Crippen LogP contribution in [0, 0.1) is 11.6 Å². The molecule has 2 heterocycles. The first kappa shape index (κ1) is 21.5. The summed E-state index contributed by atoms with van der Waals surface area (Å²) >= 11 is 1.34. The van der Waals surface area contributed by atoms with E-state index in [9.17, 15) is 18.4 Å². The van der Waals surface area contributed by atoms with Gasteiger partial charge in [-0.05, 0) is 48.0 Å². The molecule has 8 heteroatoms. The van der Waals surface area contributed by atoms with Crippen LogP contribution in [-0.4, -0.2) is 36.1 Å². The lowest BCUT2D eigenvalue weighted by Gasteiger charge is -2.33. The van der Waals surface area contributed by atoms with Crippen LogP contribution in [-0.2, 0) is 16.2 Å². The number of hydrogen-bond donors (Lipinski definition) is 0. The second kappa shape index (κ2) is 8.19. The first-order valence-electron chi connectivity index (χ1n) is 10.4. The lowest BCUT2D eigenvalue weighted by molar-refractivity contribution is -0.123. The third-order valence-electron chi connectivity index (χ3n) is 5.98. The van der Waals surface area contributed by atoms with E-state index in [1.807, 2.05) is 0 Å². The highest BCUT2D eigenvalue weighted by Crippen LogP contribution is 2.55. The fourth-order valence-electron chi connectivity index (χ4n) is 4.48. The summed E-state index contributed by atoms with van der Waals surface area (Å²) in [5, 5.41) is 0. The normalized spacial score (nSPS) is 19.3. The highest BCUT2D eigenvalue weighted by Gasteiger charge is 2.59. The van der Waals surface area contributed by atoms with E-state index in [1.54, 1.807) is 41.3 Å². The largest absolute Gasteiger partial charge is 0.497 e. The van der Waals surface area contributed by atoms with Gasteiger partial charge < -0.3 is 14.5 Å². The molecular formula is C25H20F2N2O3S. The number of ether oxygens (including phenoxy) is 1. The SMILES string of the molecule is COc1ccc2c(c1)[C@]1(SCCN1C(=O)c1ccccc1F)C(=O)N2Cc1cccc(F)c1. The Morgan fingerprint density at radius 2 is 1.91 bits per heavy atom. The molecule has 0 unspecified atom stereocenters. The van der Waals surface area contributed by atoms with E-state index in [-0.39, 0.29) is 24.6 Å². The second-order valence-corrected chi connectivity index (χ2v) is 9.12. The van der Waals surface area contributed by atoms with Crippen molar-refractivity contribution in [3.05, 3.63) is 95.1 Å². The summed E-state index contributed by atoms with van der Waals surface area (Å²) in [4.78, 5) is 29.1. The van der Waals surface area contributed by atoms with Crippen LogP contribution in [0.25, 0.3) is 0 Å². The number of benzene rings is 3. The highest BCUT2D eigenvalue weighted by molar-refractivity contribution is 8.01. The third kappa shape index (κ3) is 3.36. The van der Waals surface area contributed by atoms with Gasteiger partial charge in [0.1, 0.15) is 17.4 Å². The van der Waals surface area contributed by atoms with E-state index in [4.69, 9.17) is 4.74 Å². The number of carbonyl (C=O) groups excluding carboxylic acids is 2. The van der Waals surface area contributed by atoms with Gasteiger partial charge in [0.25, 0.3) is 11.8 Å². The van der Waals surface area contributed by atoms with Crippen LogP contribution in [0.15, 0.2) is 66.7 Å². The number of anilines is 1. The van der Waals surface area contributed by atoms with E-state index in [1.165, 1.54) is 54.1 Å². The molecule has 1 spiro atoms. The zero-order valence-corrected chi connectivity index (χ0v) is 18.6. The zero-order valence-electron chi connectivity index (χ0n) is 17.8. The molecule has 2 amide bonds. The van der Waals surface area contributed by atoms with Crippen molar-refractivity contribution in [1.29, 1.82) is 0 Å². The Labute approximate surface area is 193 Å². The van der Waals surface area contributed by atoms with E-state index in [0.29, 0.717) is 28.3 Å². The van der Waals surface area contributed by atoms with Gasteiger partial charge in [0.15, 0.2) is 4.87 Å². The minimum absolute atomic E-state index is 0.0831. The van der Waals surface area contributed by atoms with E-state index in [2.05, 4.69) is 0 Å². The number of nitrogens with zero attached hydrogens (tertiary/aromatic N) is 2. The van der Waals surface area contributed by atoms with Crippen molar-refractivity contribution in [2.24, 2.45) is 0 Å². The summed E-state index contributed by atoms with van der Waals surface area (Å²) in [6, 6.07) is 17.1. The van der Waals surface area contributed by atoms with Gasteiger partial charge in [-0.2, -0.15) is 0 Å². The molecule has 0 aliphatic carbocycles. The molecule has 168 valence electrons. The lowest BCUT2D eigenvalue weighted by Crippen LogP contribution is -2.50. The summed E-state index contributed by atoms with van der Waals surface area (Å²) in [6.45, 7) is 0.425. The monoisotopic (exact) mass is 466 g/mol. The maximum absolute atomic E-state index is 14.5. The van der Waals surface area contributed by atoms with Crippen molar-refractivity contribution >= 4 is 29.3 Å². The van der Waals surface area contributed by atoms with Gasteiger partial charge in [0.05, 0.1) is 24.9 Å². The van der Waals surface area contributed by atoms with Gasteiger partial charge in [-0.3, -0.25) is 9.59 Å². The summed E-state index contributed by atoms with van der Waals surface area (Å²) in [7, 11) is 1.53. The number of carbonyl (C=O) groups is 2. The molecule has 0 radical (unpaired) electrons. The van der Waals surface area contributed by atoms with E-state index in [0.717, 1.165) is 0 Å². The molecule has 0 bridgehead atoms. The predicted octanol–water partition coefficient (Wildman–Crippen LogP) is 4.56. The maximum Gasteiger partial charge on any atom is 0.268 e. The standard InChI is InChI=1S/C25H20F2N2O3S/c1-32-18-9-10-22-20(14-18)25(24(31)28(22)15-16-5-4-6-17(26)13-16)29(11-12-33-25)23(30)19-7-2-3-8-21(19)27/h2-10,13-14H,11-12,15H2,1H3/t25-/m0/s1. The Kier molecular flexibility index (Phi) is 5.32. The molecule has 0 N–H and O–H groups in total. The molecule has 2 aliphatic heterocycles. The van der Waals surface area contributed by atoms with Crippen molar-refractivity contribution in [2.75, 3.05) is 24.3 Å². The first-order chi connectivity index (χ1) is 16.0. The van der Waals surface area contributed by atoms with Gasteiger partial charge >= 0.3 is 0 Å². The van der Waals surface area contributed by atoms with Crippen LogP contribution >= 0.6 is 11.8 Å². The second-order valence-electron chi connectivity index (χ2n) is 7.83. The molecule has 3 aromatic rings. The van der Waals surface area contributed by atoms with E-state index < -0.39 is 22.4 Å². The van der Waals surface area contributed by atoms with Crippen LogP contribution in [0.3, 0.4) is 0 Å². The Morgan fingerprint density at radius 1 is 1.09 bits per heavy atom. The van der Waals surface area contributed by atoms with Gasteiger partial charge in [0, 0.05) is 17.9 Å². The molecular weight excluding hydrogens is 446 g/mol. The molecule has 2 aliphatic rings. The van der Waals surface area contributed by atoms with Crippen molar-refractivity contribution in [2.45, 2.75) is 11.4 Å². The number of methoxy groups -OCH3 is 1. The smallest absolute Gasteiger partial charge is 0.268 e. The zero-order chi connectivity index (χ0) is 23.2. The van der Waals surface area contributed by atoms with Gasteiger partial charge in [-0.25, -0.2) is 8.78 Å². The van der Waals surface area contributed by atoms with Crippen molar-refractivity contribution in [3.63, 3.8) is 0 Å². The number of halogens is 2. The number of rotatable bonds is 4. The first-order valence-corrected chi connectivity index (χ1v) is 11.4. The Balaban J connectivity index is 1.63. The summed E-state index contributed by atoms with van der Waals surface area (Å²) < 4.78 is 33.7. The van der Waals surface area contributed by atoms with Gasteiger partial charge in [-0.15, -0.1) is 11.8 Å². The molecule has 5 rings (SSSR count). The Morgan fingerprint density at radius 3 is 2.67 bits per heavy atom. The lowest BCUT2D eigenvalue weighted by atomic mass is 10.0. The third-order valence-corrected chi connectivity index (χ3v) is 7.40. The summed E-state index contributed by atoms with van der Waals surface area (Å²) in [6.07, 6.45) is 0. The van der Waals surface area contributed by atoms with E-state index >= 15 is 0 Å². The quantitative estimate of drug-likeness (QED) is 0.566. The molecule has 1 saturated heterocycles. The molecule has 5 nitrogen and oxygen atoms in total. The van der Waals surface area contributed by atoms with Crippen LogP contribution < -0.4 is 9.64 Å². The van der Waals surface area contributed by atoms with Gasteiger partial charge in [0.2, 0.25) is 0 Å². The summed E-state index contributed by atoms with van der Waals surface area (Å²) in [5.41, 5.74) is 1.76. The molecule has 0 aromatic heterocycles.